The van der Waals surface area contributed by atoms with Gasteiger partial charge in [0.25, 0.3) is 0 Å². The van der Waals surface area contributed by atoms with Gasteiger partial charge in [-0.2, -0.15) is 0 Å². The van der Waals surface area contributed by atoms with Crippen molar-refractivity contribution in [3.05, 3.63) is 16.8 Å². The van der Waals surface area contributed by atoms with Crippen LogP contribution in [0.4, 0.5) is 5.82 Å². The van der Waals surface area contributed by atoms with E-state index in [0.717, 1.165) is 35.6 Å². The Balaban J connectivity index is 2.72. The Kier molecular flexibility index (Phi) is 3.47. The Morgan fingerprint density at radius 1 is 1.39 bits per heavy atom. The predicted octanol–water partition coefficient (Wildman–Crippen LogP) is 1.21. The van der Waals surface area contributed by atoms with Crippen LogP contribution >= 0.6 is 11.3 Å². The first-order chi connectivity index (χ1) is 8.60. The molecule has 0 spiro atoms. The van der Waals surface area contributed by atoms with Crippen LogP contribution in [0.2, 0.25) is 0 Å². The van der Waals surface area contributed by atoms with Crippen LogP contribution in [0.1, 0.15) is 29.1 Å². The number of anilines is 1. The number of carbonyl (C=O) groups is 1. The lowest BCUT2D eigenvalue weighted by atomic mass is 10.2. The third-order valence-electron chi connectivity index (χ3n) is 2.96. The maximum absolute atomic E-state index is 11.0. The fraction of sp³-hybridized carbons (Fsp3) is 0.417. The molecule has 5 nitrogen and oxygen atoms in total. The minimum atomic E-state index is -1.15. The number of thiophene rings is 1. The van der Waals surface area contributed by atoms with E-state index >= 15 is 0 Å². The van der Waals surface area contributed by atoms with E-state index < -0.39 is 5.97 Å². The van der Waals surface area contributed by atoms with Gasteiger partial charge in [-0.1, -0.05) is 0 Å². The molecule has 0 aromatic carbocycles. The number of aromatic nitrogens is 2. The highest BCUT2D eigenvalue weighted by Crippen LogP contribution is 2.34. The largest absolute Gasteiger partial charge is 0.544 e. The number of carboxylic acid groups (broad SMARTS) is 1. The number of hydrogen-bond donors (Lipinski definition) is 0. The van der Waals surface area contributed by atoms with Gasteiger partial charge in [-0.25, -0.2) is 9.97 Å². The summed E-state index contributed by atoms with van der Waals surface area (Å²) in [7, 11) is 0. The van der Waals surface area contributed by atoms with Gasteiger partial charge in [0.2, 0.25) is 0 Å². The molecule has 0 aliphatic heterocycles. The van der Waals surface area contributed by atoms with Crippen molar-refractivity contribution in [2.75, 3.05) is 18.0 Å². The van der Waals surface area contributed by atoms with Crippen LogP contribution in [0.15, 0.2) is 6.33 Å². The molecular weight excluding hydrogens is 250 g/mol. The minimum absolute atomic E-state index is 0.235. The highest BCUT2D eigenvalue weighted by atomic mass is 32.1. The van der Waals surface area contributed by atoms with Gasteiger partial charge in [-0.3, -0.25) is 0 Å². The summed E-state index contributed by atoms with van der Waals surface area (Å²) in [5.74, 6) is -0.354. The smallest absolute Gasteiger partial charge is 0.141 e. The van der Waals surface area contributed by atoms with Crippen molar-refractivity contribution in [3.63, 3.8) is 0 Å². The van der Waals surface area contributed by atoms with Crippen molar-refractivity contribution in [2.24, 2.45) is 0 Å². The Hall–Kier alpha value is -1.69. The highest BCUT2D eigenvalue weighted by Gasteiger charge is 2.17. The first-order valence-corrected chi connectivity index (χ1v) is 6.62. The Morgan fingerprint density at radius 3 is 2.61 bits per heavy atom. The highest BCUT2D eigenvalue weighted by molar-refractivity contribution is 7.20. The van der Waals surface area contributed by atoms with Crippen LogP contribution in [0.25, 0.3) is 10.2 Å². The summed E-state index contributed by atoms with van der Waals surface area (Å²) in [6, 6.07) is 0. The zero-order valence-corrected chi connectivity index (χ0v) is 11.4. The molecule has 6 heteroatoms. The molecule has 2 aromatic heterocycles. The first kappa shape index (κ1) is 12.8. The fourth-order valence-electron chi connectivity index (χ4n) is 2.01. The molecule has 0 aliphatic rings. The number of hydrogen-bond acceptors (Lipinski definition) is 6. The van der Waals surface area contributed by atoms with Crippen LogP contribution in [0, 0.1) is 6.92 Å². The second kappa shape index (κ2) is 4.89. The summed E-state index contributed by atoms with van der Waals surface area (Å²) >= 11 is 1.14. The maximum Gasteiger partial charge on any atom is 0.141 e. The molecule has 0 radical (unpaired) electrons. The van der Waals surface area contributed by atoms with Gasteiger partial charge in [-0.15, -0.1) is 11.3 Å². The quantitative estimate of drug-likeness (QED) is 0.830. The van der Waals surface area contributed by atoms with Crippen molar-refractivity contribution in [3.8, 4) is 0 Å². The SMILES string of the molecule is CCN(CC)c1ncnc2sc(C(=O)[O-])c(C)c12. The Bertz CT molecular complexity index is 590. The standard InChI is InChI=1S/C12H15N3O2S/c1-4-15(5-2)10-8-7(3)9(12(16)17)18-11(8)14-6-13-10/h6H,4-5H2,1-3H3,(H,16,17)/p-1. The van der Waals surface area contributed by atoms with E-state index in [9.17, 15) is 9.90 Å². The lowest BCUT2D eigenvalue weighted by Crippen LogP contribution is -2.23. The molecular formula is C12H14N3O2S-. The topological polar surface area (TPSA) is 69.2 Å². The number of aryl methyl sites for hydroxylation is 1. The van der Waals surface area contributed by atoms with Gasteiger partial charge in [-0.05, 0) is 26.3 Å². The van der Waals surface area contributed by atoms with Gasteiger partial charge >= 0.3 is 0 Å². The monoisotopic (exact) mass is 264 g/mol. The van der Waals surface area contributed by atoms with Gasteiger partial charge < -0.3 is 14.8 Å². The predicted molar refractivity (Wildman–Crippen MR) is 70.0 cm³/mol. The van der Waals surface area contributed by atoms with E-state index in [1.54, 1.807) is 6.92 Å². The summed E-state index contributed by atoms with van der Waals surface area (Å²) in [5.41, 5.74) is 0.692. The summed E-state index contributed by atoms with van der Waals surface area (Å²) in [5, 5.41) is 11.9. The second-order valence-corrected chi connectivity index (χ2v) is 4.89. The van der Waals surface area contributed by atoms with E-state index in [1.165, 1.54) is 6.33 Å². The molecule has 0 bridgehead atoms. The molecule has 0 amide bonds. The van der Waals surface area contributed by atoms with Crippen molar-refractivity contribution in [1.29, 1.82) is 0 Å². The molecule has 0 fully saturated rings. The van der Waals surface area contributed by atoms with Crippen LogP contribution in [0.5, 0.6) is 0 Å². The minimum Gasteiger partial charge on any atom is -0.544 e. The van der Waals surface area contributed by atoms with E-state index in [1.807, 2.05) is 13.8 Å². The Labute approximate surface area is 109 Å². The molecule has 96 valence electrons. The molecule has 2 heterocycles. The van der Waals surface area contributed by atoms with E-state index in [4.69, 9.17) is 0 Å². The molecule has 0 saturated heterocycles. The number of carboxylic acids is 1. The van der Waals surface area contributed by atoms with Crippen LogP contribution in [-0.4, -0.2) is 29.0 Å². The van der Waals surface area contributed by atoms with Crippen molar-refractivity contribution in [1.82, 2.24) is 9.97 Å². The molecule has 0 aliphatic carbocycles. The van der Waals surface area contributed by atoms with Gasteiger partial charge in [0.15, 0.2) is 0 Å². The number of carbonyl (C=O) groups excluding carboxylic acids is 1. The molecule has 2 aromatic rings. The van der Waals surface area contributed by atoms with Gasteiger partial charge in [0.05, 0.1) is 16.2 Å². The zero-order valence-electron chi connectivity index (χ0n) is 10.6. The number of aromatic carboxylic acids is 1. The number of fused-ring (bicyclic) bond motifs is 1. The summed E-state index contributed by atoms with van der Waals surface area (Å²) in [6.45, 7) is 7.50. The molecule has 0 saturated carbocycles. The van der Waals surface area contributed by atoms with E-state index in [2.05, 4.69) is 14.9 Å². The van der Waals surface area contributed by atoms with Crippen molar-refractivity contribution >= 4 is 33.3 Å². The lowest BCUT2D eigenvalue weighted by Gasteiger charge is -2.20. The fourth-order valence-corrected chi connectivity index (χ4v) is 2.99. The molecule has 18 heavy (non-hydrogen) atoms. The zero-order chi connectivity index (χ0) is 13.3. The van der Waals surface area contributed by atoms with E-state index in [-0.39, 0.29) is 4.88 Å². The van der Waals surface area contributed by atoms with Crippen LogP contribution in [0.3, 0.4) is 0 Å². The molecule has 0 atom stereocenters. The normalized spacial score (nSPS) is 10.8. The van der Waals surface area contributed by atoms with E-state index in [0.29, 0.717) is 10.4 Å². The van der Waals surface area contributed by atoms with Crippen molar-refractivity contribution in [2.45, 2.75) is 20.8 Å². The summed E-state index contributed by atoms with van der Waals surface area (Å²) in [6.07, 6.45) is 1.48. The second-order valence-electron chi connectivity index (χ2n) is 3.89. The lowest BCUT2D eigenvalue weighted by molar-refractivity contribution is -0.254. The van der Waals surface area contributed by atoms with Crippen LogP contribution in [-0.2, 0) is 0 Å². The van der Waals surface area contributed by atoms with Crippen molar-refractivity contribution < 1.29 is 9.90 Å². The number of rotatable bonds is 4. The summed E-state index contributed by atoms with van der Waals surface area (Å²) < 4.78 is 0. The average Bonchev–Trinajstić information content (AvgIpc) is 2.69. The molecule has 0 unspecified atom stereocenters. The maximum atomic E-state index is 11.0. The number of nitrogens with zero attached hydrogens (tertiary/aromatic N) is 3. The summed E-state index contributed by atoms with van der Waals surface area (Å²) in [4.78, 5) is 22.5. The van der Waals surface area contributed by atoms with Gasteiger partial charge in [0, 0.05) is 13.1 Å². The average molecular weight is 264 g/mol. The molecule has 2 rings (SSSR count). The third-order valence-corrected chi connectivity index (χ3v) is 4.14. The van der Waals surface area contributed by atoms with Crippen LogP contribution < -0.4 is 10.0 Å². The first-order valence-electron chi connectivity index (χ1n) is 5.80. The Morgan fingerprint density at radius 2 is 2.06 bits per heavy atom. The van der Waals surface area contributed by atoms with Gasteiger partial charge in [0.1, 0.15) is 17.0 Å². The molecule has 0 N–H and O–H groups in total. The third kappa shape index (κ3) is 1.92.